The minimum atomic E-state index is -4.41. The number of benzene rings is 2. The van der Waals surface area contributed by atoms with Crippen molar-refractivity contribution >= 4 is 5.69 Å². The lowest BCUT2D eigenvalue weighted by atomic mass is 9.94. The summed E-state index contributed by atoms with van der Waals surface area (Å²) in [6, 6.07) is 7.74. The molecule has 3 rings (SSSR count). The maximum absolute atomic E-state index is 12.6. The molecule has 1 aliphatic carbocycles. The molecule has 0 atom stereocenters. The molecule has 22 heavy (non-hydrogen) atoms. The van der Waals surface area contributed by atoms with Gasteiger partial charge in [-0.3, -0.25) is 10.1 Å². The summed E-state index contributed by atoms with van der Waals surface area (Å²) in [7, 11) is 0. The Balaban J connectivity index is 2.15. The number of halogens is 3. The zero-order chi connectivity index (χ0) is 15.9. The van der Waals surface area contributed by atoms with Crippen LogP contribution < -0.4 is 0 Å². The fourth-order valence-corrected chi connectivity index (χ4v) is 2.95. The lowest BCUT2D eigenvalue weighted by molar-refractivity contribution is -0.384. The number of nitrogens with zero attached hydrogens (tertiary/aromatic N) is 1. The largest absolute Gasteiger partial charge is 0.416 e. The summed E-state index contributed by atoms with van der Waals surface area (Å²) >= 11 is 0. The van der Waals surface area contributed by atoms with E-state index in [1.807, 2.05) is 0 Å². The molecule has 0 saturated carbocycles. The molecule has 3 nitrogen and oxygen atoms in total. The van der Waals surface area contributed by atoms with Crippen LogP contribution in [-0.2, 0) is 19.0 Å². The number of fused-ring (bicyclic) bond motifs is 1. The van der Waals surface area contributed by atoms with Gasteiger partial charge in [0.15, 0.2) is 0 Å². The van der Waals surface area contributed by atoms with Gasteiger partial charge in [0.25, 0.3) is 5.69 Å². The van der Waals surface area contributed by atoms with Gasteiger partial charge >= 0.3 is 6.18 Å². The van der Waals surface area contributed by atoms with E-state index in [-0.39, 0.29) is 5.69 Å². The minimum absolute atomic E-state index is 0.0552. The topological polar surface area (TPSA) is 43.1 Å². The Morgan fingerprint density at radius 3 is 2.27 bits per heavy atom. The monoisotopic (exact) mass is 307 g/mol. The first-order valence-corrected chi connectivity index (χ1v) is 6.84. The molecule has 0 heterocycles. The van der Waals surface area contributed by atoms with E-state index in [0.29, 0.717) is 17.5 Å². The molecular weight excluding hydrogens is 295 g/mol. The predicted molar refractivity (Wildman–Crippen MR) is 75.6 cm³/mol. The summed E-state index contributed by atoms with van der Waals surface area (Å²) in [5.41, 5.74) is 2.02. The van der Waals surface area contributed by atoms with Crippen molar-refractivity contribution in [1.82, 2.24) is 0 Å². The van der Waals surface area contributed by atoms with Crippen LogP contribution in [0.4, 0.5) is 18.9 Å². The standard InChI is InChI=1S/C16H12F3NO2/c17-16(18,19)12-7-4-11(5-8-12)15-13-3-1-2-10(13)6-9-14(15)20(21)22/h4-9H,1-3H2. The van der Waals surface area contributed by atoms with Gasteiger partial charge in [0, 0.05) is 6.07 Å². The van der Waals surface area contributed by atoms with Gasteiger partial charge in [0.1, 0.15) is 0 Å². The number of nitro benzene ring substituents is 1. The number of rotatable bonds is 2. The Morgan fingerprint density at radius 1 is 1.00 bits per heavy atom. The highest BCUT2D eigenvalue weighted by molar-refractivity contribution is 5.79. The number of nitro groups is 1. The van der Waals surface area contributed by atoms with Crippen molar-refractivity contribution < 1.29 is 18.1 Å². The van der Waals surface area contributed by atoms with Crippen LogP contribution in [0.2, 0.25) is 0 Å². The number of alkyl halides is 3. The number of hydrogen-bond acceptors (Lipinski definition) is 2. The van der Waals surface area contributed by atoms with Gasteiger partial charge in [0.05, 0.1) is 16.1 Å². The fraction of sp³-hybridized carbons (Fsp3) is 0.250. The molecule has 0 aliphatic heterocycles. The second-order valence-corrected chi connectivity index (χ2v) is 5.28. The lowest BCUT2D eigenvalue weighted by Crippen LogP contribution is -2.04. The zero-order valence-electron chi connectivity index (χ0n) is 11.5. The molecule has 114 valence electrons. The van der Waals surface area contributed by atoms with Crippen molar-refractivity contribution in [2.75, 3.05) is 0 Å². The van der Waals surface area contributed by atoms with Crippen LogP contribution in [0.15, 0.2) is 36.4 Å². The van der Waals surface area contributed by atoms with Crippen LogP contribution >= 0.6 is 0 Å². The van der Waals surface area contributed by atoms with Gasteiger partial charge in [0.2, 0.25) is 0 Å². The van der Waals surface area contributed by atoms with E-state index in [4.69, 9.17) is 0 Å². The molecule has 0 bridgehead atoms. The third kappa shape index (κ3) is 2.45. The second-order valence-electron chi connectivity index (χ2n) is 5.28. The Morgan fingerprint density at radius 2 is 1.68 bits per heavy atom. The van der Waals surface area contributed by atoms with Crippen LogP contribution in [0.25, 0.3) is 11.1 Å². The normalized spacial score (nSPS) is 14.0. The van der Waals surface area contributed by atoms with E-state index in [1.54, 1.807) is 6.07 Å². The summed E-state index contributed by atoms with van der Waals surface area (Å²) in [5.74, 6) is 0. The van der Waals surface area contributed by atoms with E-state index in [9.17, 15) is 23.3 Å². The van der Waals surface area contributed by atoms with Crippen molar-refractivity contribution in [3.63, 3.8) is 0 Å². The average Bonchev–Trinajstić information content (AvgIpc) is 2.93. The average molecular weight is 307 g/mol. The van der Waals surface area contributed by atoms with Crippen LogP contribution in [0.5, 0.6) is 0 Å². The highest BCUT2D eigenvalue weighted by atomic mass is 19.4. The maximum Gasteiger partial charge on any atom is 0.416 e. The van der Waals surface area contributed by atoms with Crippen molar-refractivity contribution in [2.45, 2.75) is 25.4 Å². The predicted octanol–water partition coefficient (Wildman–Crippen LogP) is 4.77. The molecule has 1 aliphatic rings. The Labute approximate surface area is 124 Å². The smallest absolute Gasteiger partial charge is 0.258 e. The van der Waals surface area contributed by atoms with Crippen molar-refractivity contribution in [3.8, 4) is 11.1 Å². The fourth-order valence-electron chi connectivity index (χ4n) is 2.95. The molecule has 0 unspecified atom stereocenters. The molecule has 0 fully saturated rings. The van der Waals surface area contributed by atoms with E-state index < -0.39 is 16.7 Å². The molecule has 0 amide bonds. The van der Waals surface area contributed by atoms with Gasteiger partial charge in [-0.1, -0.05) is 18.2 Å². The first kappa shape index (κ1) is 14.6. The molecule has 0 N–H and O–H groups in total. The van der Waals surface area contributed by atoms with E-state index >= 15 is 0 Å². The molecular formula is C16H12F3NO2. The molecule has 0 aromatic heterocycles. The Hall–Kier alpha value is -2.37. The Kier molecular flexibility index (Phi) is 3.39. The highest BCUT2D eigenvalue weighted by Gasteiger charge is 2.31. The molecule has 2 aromatic carbocycles. The van der Waals surface area contributed by atoms with E-state index in [1.165, 1.54) is 18.2 Å². The van der Waals surface area contributed by atoms with Gasteiger partial charge in [-0.15, -0.1) is 0 Å². The summed E-state index contributed by atoms with van der Waals surface area (Å²) in [6.07, 6.45) is -1.94. The SMILES string of the molecule is O=[N+]([O-])c1ccc2c(c1-c1ccc(C(F)(F)F)cc1)CCC2. The number of aryl methyl sites for hydroxylation is 1. The van der Waals surface area contributed by atoms with Crippen LogP contribution in [-0.4, -0.2) is 4.92 Å². The second kappa shape index (κ2) is 5.12. The molecule has 2 aromatic rings. The summed E-state index contributed by atoms with van der Waals surface area (Å²) in [4.78, 5) is 10.8. The lowest BCUT2D eigenvalue weighted by Gasteiger charge is -2.11. The van der Waals surface area contributed by atoms with Crippen molar-refractivity contribution in [1.29, 1.82) is 0 Å². The quantitative estimate of drug-likeness (QED) is 0.592. The van der Waals surface area contributed by atoms with Gasteiger partial charge in [-0.25, -0.2) is 0 Å². The molecule has 6 heteroatoms. The van der Waals surface area contributed by atoms with E-state index in [2.05, 4.69) is 0 Å². The summed E-state index contributed by atoms with van der Waals surface area (Å²) in [5, 5.41) is 11.2. The van der Waals surface area contributed by atoms with Gasteiger partial charge < -0.3 is 0 Å². The highest BCUT2D eigenvalue weighted by Crippen LogP contribution is 2.40. The third-order valence-corrected chi connectivity index (χ3v) is 3.96. The molecule has 0 spiro atoms. The third-order valence-electron chi connectivity index (χ3n) is 3.96. The van der Waals surface area contributed by atoms with Crippen LogP contribution in [0, 0.1) is 10.1 Å². The van der Waals surface area contributed by atoms with Crippen molar-refractivity contribution in [3.05, 3.63) is 63.2 Å². The molecule has 0 saturated heterocycles. The van der Waals surface area contributed by atoms with Gasteiger partial charge in [-0.05, 0) is 48.1 Å². The zero-order valence-corrected chi connectivity index (χ0v) is 11.5. The Bertz CT molecular complexity index is 736. The number of hydrogen-bond donors (Lipinski definition) is 0. The van der Waals surface area contributed by atoms with Gasteiger partial charge in [-0.2, -0.15) is 13.2 Å². The summed E-state index contributed by atoms with van der Waals surface area (Å²) < 4.78 is 37.9. The van der Waals surface area contributed by atoms with Crippen LogP contribution in [0.1, 0.15) is 23.1 Å². The minimum Gasteiger partial charge on any atom is -0.258 e. The van der Waals surface area contributed by atoms with Crippen molar-refractivity contribution in [2.24, 2.45) is 0 Å². The first-order chi connectivity index (χ1) is 10.4. The van der Waals surface area contributed by atoms with Crippen LogP contribution in [0.3, 0.4) is 0 Å². The maximum atomic E-state index is 12.6. The first-order valence-electron chi connectivity index (χ1n) is 6.84. The van der Waals surface area contributed by atoms with E-state index in [0.717, 1.165) is 36.1 Å². The molecule has 0 radical (unpaired) electrons. The summed E-state index contributed by atoms with van der Waals surface area (Å²) in [6.45, 7) is 0.